The molecule has 0 saturated carbocycles. The van der Waals surface area contributed by atoms with Crippen molar-refractivity contribution in [2.24, 2.45) is 5.10 Å². The fourth-order valence-corrected chi connectivity index (χ4v) is 3.77. The number of H-pyrrole nitrogens is 1. The SMILES string of the molecule is CC(C)(C)OC(=O)N[C@@H](CC#N)C(=O)Nc1cc2c3c(c(-c4ccccc4)[nH]c3c1)C=NNC2=O. The van der Waals surface area contributed by atoms with E-state index in [9.17, 15) is 14.4 Å². The molecule has 3 aromatic rings. The van der Waals surface area contributed by atoms with Crippen LogP contribution in [-0.4, -0.2) is 40.7 Å². The van der Waals surface area contributed by atoms with E-state index < -0.39 is 29.6 Å². The number of hydrazone groups is 1. The molecule has 4 N–H and O–H groups in total. The third kappa shape index (κ3) is 5.14. The number of nitrogens with zero attached hydrogens (tertiary/aromatic N) is 2. The molecule has 0 spiro atoms. The molecule has 0 radical (unpaired) electrons. The van der Waals surface area contributed by atoms with Crippen molar-refractivity contribution in [3.8, 4) is 17.3 Å². The fourth-order valence-electron chi connectivity index (χ4n) is 3.77. The predicted molar refractivity (Wildman–Crippen MR) is 131 cm³/mol. The van der Waals surface area contributed by atoms with Crippen molar-refractivity contribution in [1.82, 2.24) is 15.7 Å². The zero-order valence-corrected chi connectivity index (χ0v) is 19.4. The summed E-state index contributed by atoms with van der Waals surface area (Å²) in [4.78, 5) is 41.1. The molecule has 0 unspecified atom stereocenters. The lowest BCUT2D eigenvalue weighted by Crippen LogP contribution is -2.45. The number of ether oxygens (including phenoxy) is 1. The smallest absolute Gasteiger partial charge is 0.408 e. The minimum absolute atomic E-state index is 0.265. The van der Waals surface area contributed by atoms with E-state index in [1.54, 1.807) is 33.1 Å². The normalized spacial score (nSPS) is 13.4. The fraction of sp³-hybridized carbons (Fsp3) is 0.240. The van der Waals surface area contributed by atoms with E-state index >= 15 is 0 Å². The van der Waals surface area contributed by atoms with Gasteiger partial charge in [0.1, 0.15) is 11.6 Å². The van der Waals surface area contributed by atoms with Crippen molar-refractivity contribution in [3.63, 3.8) is 0 Å². The Labute approximate surface area is 201 Å². The number of hydrogen-bond acceptors (Lipinski definition) is 6. The Hall–Kier alpha value is -4.65. The molecule has 4 rings (SSSR count). The molecule has 178 valence electrons. The number of anilines is 1. The van der Waals surface area contributed by atoms with Gasteiger partial charge >= 0.3 is 6.09 Å². The van der Waals surface area contributed by atoms with Gasteiger partial charge in [-0.1, -0.05) is 30.3 Å². The van der Waals surface area contributed by atoms with Gasteiger partial charge in [0.05, 0.1) is 30.0 Å². The van der Waals surface area contributed by atoms with E-state index in [4.69, 9.17) is 10.00 Å². The summed E-state index contributed by atoms with van der Waals surface area (Å²) in [5.41, 5.74) is 5.39. The number of carbonyl (C=O) groups excluding carboxylic acids is 3. The minimum atomic E-state index is -1.15. The first-order valence-electron chi connectivity index (χ1n) is 10.9. The van der Waals surface area contributed by atoms with Gasteiger partial charge in [0.15, 0.2) is 0 Å². The van der Waals surface area contributed by atoms with E-state index in [0.29, 0.717) is 22.2 Å². The molecule has 0 bridgehead atoms. The highest BCUT2D eigenvalue weighted by Crippen LogP contribution is 2.34. The zero-order chi connectivity index (χ0) is 25.2. The highest BCUT2D eigenvalue weighted by Gasteiger charge is 2.26. The molecule has 1 atom stereocenters. The summed E-state index contributed by atoms with van der Waals surface area (Å²) in [7, 11) is 0. The Bertz CT molecular complexity index is 1380. The maximum absolute atomic E-state index is 12.9. The van der Waals surface area contributed by atoms with Crippen molar-refractivity contribution >= 4 is 40.7 Å². The van der Waals surface area contributed by atoms with Crippen molar-refractivity contribution < 1.29 is 19.1 Å². The predicted octanol–water partition coefficient (Wildman–Crippen LogP) is 3.66. The monoisotopic (exact) mass is 472 g/mol. The first kappa shape index (κ1) is 23.5. The molecule has 0 fully saturated rings. The number of nitrogens with one attached hydrogen (secondary N) is 4. The summed E-state index contributed by atoms with van der Waals surface area (Å²) in [6.07, 6.45) is 0.508. The van der Waals surface area contributed by atoms with Gasteiger partial charge in [-0.05, 0) is 38.5 Å². The topological polar surface area (TPSA) is 148 Å². The van der Waals surface area contributed by atoms with Gasteiger partial charge in [0.2, 0.25) is 5.91 Å². The second kappa shape index (κ2) is 9.30. The van der Waals surface area contributed by atoms with E-state index in [2.05, 4.69) is 26.1 Å². The Balaban J connectivity index is 1.68. The zero-order valence-electron chi connectivity index (χ0n) is 19.4. The van der Waals surface area contributed by atoms with Crippen LogP contribution in [0.15, 0.2) is 47.6 Å². The molecule has 0 saturated heterocycles. The van der Waals surface area contributed by atoms with Crippen LogP contribution in [0, 0.1) is 11.3 Å². The molecule has 35 heavy (non-hydrogen) atoms. The Kier molecular flexibility index (Phi) is 6.25. The van der Waals surface area contributed by atoms with Crippen LogP contribution in [0.3, 0.4) is 0 Å². The first-order chi connectivity index (χ1) is 16.7. The van der Waals surface area contributed by atoms with Gasteiger partial charge in [-0.2, -0.15) is 10.4 Å². The second-order valence-corrected chi connectivity index (χ2v) is 8.98. The number of aromatic amines is 1. The van der Waals surface area contributed by atoms with Gasteiger partial charge in [0, 0.05) is 22.2 Å². The number of hydrogen-bond donors (Lipinski definition) is 4. The number of alkyl carbamates (subject to hydrolysis) is 1. The van der Waals surface area contributed by atoms with E-state index in [1.807, 2.05) is 36.4 Å². The minimum Gasteiger partial charge on any atom is -0.444 e. The van der Waals surface area contributed by atoms with Crippen molar-refractivity contribution in [3.05, 3.63) is 53.6 Å². The van der Waals surface area contributed by atoms with Crippen LogP contribution in [0.5, 0.6) is 0 Å². The largest absolute Gasteiger partial charge is 0.444 e. The Morgan fingerprint density at radius 1 is 1.20 bits per heavy atom. The van der Waals surface area contributed by atoms with Crippen molar-refractivity contribution in [1.29, 1.82) is 5.26 Å². The van der Waals surface area contributed by atoms with Crippen LogP contribution in [0.2, 0.25) is 0 Å². The van der Waals surface area contributed by atoms with Crippen molar-refractivity contribution in [2.45, 2.75) is 38.8 Å². The number of aromatic nitrogens is 1. The van der Waals surface area contributed by atoms with Crippen molar-refractivity contribution in [2.75, 3.05) is 5.32 Å². The van der Waals surface area contributed by atoms with Crippen LogP contribution in [0.4, 0.5) is 10.5 Å². The summed E-state index contributed by atoms with van der Waals surface area (Å²) in [5, 5.41) is 19.0. The lowest BCUT2D eigenvalue weighted by atomic mass is 10.0. The number of carbonyl (C=O) groups is 3. The first-order valence-corrected chi connectivity index (χ1v) is 10.9. The molecule has 10 heteroatoms. The average molecular weight is 473 g/mol. The standard InChI is InChI=1S/C25H24N6O4/c1-25(2,3)35-24(34)30-18(9-10-26)23(33)28-15-11-16-20-17(13-27-31-22(16)32)21(29-19(20)12-15)14-7-5-4-6-8-14/h4-8,11-13,18,29H,9H2,1-3H3,(H,28,33)(H,30,34)(H,31,32)/t18-/m0/s1. The van der Waals surface area contributed by atoms with Crippen LogP contribution in [-0.2, 0) is 9.53 Å². The summed E-state index contributed by atoms with van der Waals surface area (Å²) in [5.74, 6) is -1.05. The summed E-state index contributed by atoms with van der Waals surface area (Å²) < 4.78 is 5.19. The summed E-state index contributed by atoms with van der Waals surface area (Å²) >= 11 is 0. The highest BCUT2D eigenvalue weighted by atomic mass is 16.6. The third-order valence-electron chi connectivity index (χ3n) is 5.17. The maximum Gasteiger partial charge on any atom is 0.408 e. The molecule has 2 heterocycles. The van der Waals surface area contributed by atoms with E-state index in [1.165, 1.54) is 6.07 Å². The molecule has 0 aliphatic carbocycles. The number of rotatable bonds is 5. The molecule has 3 amide bonds. The second-order valence-electron chi connectivity index (χ2n) is 8.98. The number of benzene rings is 2. The van der Waals surface area contributed by atoms with Crippen LogP contribution in [0.25, 0.3) is 22.2 Å². The highest BCUT2D eigenvalue weighted by molar-refractivity contribution is 6.18. The Morgan fingerprint density at radius 2 is 1.94 bits per heavy atom. The molecule has 2 aromatic carbocycles. The summed E-state index contributed by atoms with van der Waals surface area (Å²) in [6, 6.07) is 13.6. The van der Waals surface area contributed by atoms with Gasteiger partial charge in [-0.15, -0.1) is 0 Å². The molecular weight excluding hydrogens is 448 g/mol. The number of amides is 3. The lowest BCUT2D eigenvalue weighted by Gasteiger charge is -2.22. The average Bonchev–Trinajstić information content (AvgIpc) is 3.07. The summed E-state index contributed by atoms with van der Waals surface area (Å²) in [6.45, 7) is 5.08. The van der Waals surface area contributed by atoms with Crippen LogP contribution in [0.1, 0.15) is 43.1 Å². The van der Waals surface area contributed by atoms with Gasteiger partial charge in [0.25, 0.3) is 5.91 Å². The molecular formula is C25H24N6O4. The Morgan fingerprint density at radius 3 is 2.63 bits per heavy atom. The molecule has 1 aromatic heterocycles. The van der Waals surface area contributed by atoms with Crippen LogP contribution >= 0.6 is 0 Å². The lowest BCUT2D eigenvalue weighted by molar-refractivity contribution is -0.118. The quantitative estimate of drug-likeness (QED) is 0.447. The maximum atomic E-state index is 12.9. The molecule has 10 nitrogen and oxygen atoms in total. The van der Waals surface area contributed by atoms with Crippen LogP contribution < -0.4 is 16.1 Å². The molecule has 1 aliphatic rings. The van der Waals surface area contributed by atoms with Gasteiger partial charge in [-0.3, -0.25) is 9.59 Å². The third-order valence-corrected chi connectivity index (χ3v) is 5.17. The number of nitriles is 1. The molecule has 1 aliphatic heterocycles. The van der Waals surface area contributed by atoms with E-state index in [-0.39, 0.29) is 6.42 Å². The van der Waals surface area contributed by atoms with E-state index in [0.717, 1.165) is 16.8 Å². The van der Waals surface area contributed by atoms with Gasteiger partial charge < -0.3 is 20.4 Å². The van der Waals surface area contributed by atoms with Gasteiger partial charge in [-0.25, -0.2) is 10.2 Å².